The molecule has 216 valence electrons. The molecule has 0 aliphatic carbocycles. The predicted octanol–water partition coefficient (Wildman–Crippen LogP) is 5.21. The number of sulfonamides is 1. The van der Waals surface area contributed by atoms with E-state index in [1.54, 1.807) is 28.8 Å². The highest BCUT2D eigenvalue weighted by Gasteiger charge is 2.26. The standard InChI is InChI=1S/C30H34N4O4S3/c1-3-33(22-23-8-5-4-6-9-23)41(36,37)25-14-12-24(13-15-25)29(35)34(17-16-32-18-20-38-21-19-32)30-31-28-26(39-2)10-7-11-27(28)40-30/h4-15H,3,16-22H2,1-2H3. The average Bonchev–Trinajstić information content (AvgIpc) is 3.45. The Morgan fingerprint density at radius 3 is 2.44 bits per heavy atom. The third-order valence-electron chi connectivity index (χ3n) is 7.10. The number of fused-ring (bicyclic) bond motifs is 1. The number of aromatic nitrogens is 1. The zero-order valence-corrected chi connectivity index (χ0v) is 25.7. The lowest BCUT2D eigenvalue weighted by atomic mass is 10.2. The molecule has 1 amide bonds. The maximum absolute atomic E-state index is 13.9. The average molecular weight is 611 g/mol. The molecule has 0 saturated carbocycles. The van der Waals surface area contributed by atoms with Crippen molar-refractivity contribution in [3.05, 3.63) is 83.9 Å². The second-order valence-electron chi connectivity index (χ2n) is 9.66. The molecule has 4 aromatic rings. The van der Waals surface area contributed by atoms with E-state index in [1.165, 1.54) is 27.8 Å². The van der Waals surface area contributed by atoms with Gasteiger partial charge < -0.3 is 4.74 Å². The largest absolute Gasteiger partial charge is 0.379 e. The van der Waals surface area contributed by atoms with Gasteiger partial charge in [0.25, 0.3) is 5.91 Å². The number of benzene rings is 3. The Morgan fingerprint density at radius 2 is 1.76 bits per heavy atom. The Bertz CT molecular complexity index is 1570. The summed E-state index contributed by atoms with van der Waals surface area (Å²) >= 11 is 3.12. The number of thioether (sulfide) groups is 1. The zero-order chi connectivity index (χ0) is 28.8. The molecule has 3 aromatic carbocycles. The fourth-order valence-corrected chi connectivity index (χ4v) is 7.85. The van der Waals surface area contributed by atoms with Crippen LogP contribution < -0.4 is 4.90 Å². The molecule has 8 nitrogen and oxygen atoms in total. The highest BCUT2D eigenvalue weighted by atomic mass is 32.2. The van der Waals surface area contributed by atoms with Crippen molar-refractivity contribution in [2.45, 2.75) is 23.3 Å². The Hall–Kier alpha value is -2.80. The molecule has 0 atom stereocenters. The van der Waals surface area contributed by atoms with Crippen molar-refractivity contribution in [3.63, 3.8) is 0 Å². The normalized spacial score (nSPS) is 14.5. The van der Waals surface area contributed by atoms with Crippen molar-refractivity contribution < 1.29 is 17.9 Å². The summed E-state index contributed by atoms with van der Waals surface area (Å²) < 4.78 is 34.8. The minimum Gasteiger partial charge on any atom is -0.379 e. The minimum absolute atomic E-state index is 0.163. The van der Waals surface area contributed by atoms with Crippen LogP contribution >= 0.6 is 23.1 Å². The predicted molar refractivity (Wildman–Crippen MR) is 166 cm³/mol. The van der Waals surface area contributed by atoms with Gasteiger partial charge in [-0.1, -0.05) is 54.7 Å². The van der Waals surface area contributed by atoms with Crippen LogP contribution in [-0.4, -0.2) is 80.7 Å². The van der Waals surface area contributed by atoms with Crippen molar-refractivity contribution >= 4 is 54.4 Å². The molecule has 1 fully saturated rings. The van der Waals surface area contributed by atoms with Gasteiger partial charge in [-0.05, 0) is 48.2 Å². The first kappa shape index (κ1) is 29.7. The number of morpholine rings is 1. The number of hydrogen-bond donors (Lipinski definition) is 0. The number of hydrogen-bond acceptors (Lipinski definition) is 8. The van der Waals surface area contributed by atoms with Crippen molar-refractivity contribution in [1.82, 2.24) is 14.2 Å². The molecule has 0 unspecified atom stereocenters. The van der Waals surface area contributed by atoms with Crippen molar-refractivity contribution in [2.75, 3.05) is 57.1 Å². The molecule has 2 heterocycles. The molecular formula is C30H34N4O4S3. The molecule has 0 N–H and O–H groups in total. The number of carbonyl (C=O) groups excluding carboxylic acids is 1. The molecule has 1 aliphatic heterocycles. The number of rotatable bonds is 11. The van der Waals surface area contributed by atoms with Crippen LogP contribution in [0.15, 0.2) is 82.6 Å². The van der Waals surface area contributed by atoms with Gasteiger partial charge in [0.2, 0.25) is 10.0 Å². The quantitative estimate of drug-likeness (QED) is 0.216. The number of amides is 1. The first-order valence-corrected chi connectivity index (χ1v) is 17.1. The smallest absolute Gasteiger partial charge is 0.260 e. The summed E-state index contributed by atoms with van der Waals surface area (Å²) in [4.78, 5) is 24.0. The van der Waals surface area contributed by atoms with E-state index >= 15 is 0 Å². The highest BCUT2D eigenvalue weighted by molar-refractivity contribution is 7.98. The van der Waals surface area contributed by atoms with E-state index < -0.39 is 10.0 Å². The van der Waals surface area contributed by atoms with Gasteiger partial charge in [0, 0.05) is 49.7 Å². The molecule has 41 heavy (non-hydrogen) atoms. The van der Waals surface area contributed by atoms with Crippen LogP contribution in [0.1, 0.15) is 22.8 Å². The molecule has 11 heteroatoms. The maximum Gasteiger partial charge on any atom is 0.260 e. The van der Waals surface area contributed by atoms with Crippen LogP contribution in [0, 0.1) is 0 Å². The molecule has 0 spiro atoms. The fourth-order valence-electron chi connectivity index (χ4n) is 4.77. The van der Waals surface area contributed by atoms with Crippen LogP contribution in [0.5, 0.6) is 0 Å². The van der Waals surface area contributed by atoms with Crippen LogP contribution in [0.2, 0.25) is 0 Å². The molecule has 0 radical (unpaired) electrons. The van der Waals surface area contributed by atoms with Crippen LogP contribution in [-0.2, 0) is 21.3 Å². The number of carbonyl (C=O) groups is 1. The van der Waals surface area contributed by atoms with Gasteiger partial charge in [-0.2, -0.15) is 4.31 Å². The number of ether oxygens (including phenoxy) is 1. The lowest BCUT2D eigenvalue weighted by molar-refractivity contribution is 0.0391. The van der Waals surface area contributed by atoms with E-state index in [0.29, 0.717) is 43.5 Å². The minimum atomic E-state index is -3.74. The fraction of sp³-hybridized carbons (Fsp3) is 0.333. The Kier molecular flexibility index (Phi) is 9.74. The summed E-state index contributed by atoms with van der Waals surface area (Å²) in [6.07, 6.45) is 2.02. The van der Waals surface area contributed by atoms with Gasteiger partial charge in [0.15, 0.2) is 5.13 Å². The summed E-state index contributed by atoms with van der Waals surface area (Å²) in [6.45, 7) is 6.61. The molecule has 5 rings (SSSR count). The monoisotopic (exact) mass is 610 g/mol. The topological polar surface area (TPSA) is 83.1 Å². The summed E-state index contributed by atoms with van der Waals surface area (Å²) in [5.74, 6) is -0.205. The molecule has 1 saturated heterocycles. The zero-order valence-electron chi connectivity index (χ0n) is 23.2. The van der Waals surface area contributed by atoms with Crippen LogP contribution in [0.4, 0.5) is 5.13 Å². The Labute approximate surface area is 250 Å². The Balaban J connectivity index is 1.40. The summed E-state index contributed by atoms with van der Waals surface area (Å²) in [5, 5.41) is 0.636. The second-order valence-corrected chi connectivity index (χ2v) is 13.5. The second kappa shape index (κ2) is 13.5. The van der Waals surface area contributed by atoms with Crippen molar-refractivity contribution in [2.24, 2.45) is 0 Å². The van der Waals surface area contributed by atoms with Crippen molar-refractivity contribution in [1.29, 1.82) is 0 Å². The van der Waals surface area contributed by atoms with E-state index in [2.05, 4.69) is 4.90 Å². The van der Waals surface area contributed by atoms with E-state index in [9.17, 15) is 13.2 Å². The van der Waals surface area contributed by atoms with Gasteiger partial charge >= 0.3 is 0 Å². The third-order valence-corrected chi connectivity index (χ3v) is 10.9. The first-order chi connectivity index (χ1) is 19.9. The number of para-hydroxylation sites is 1. The Morgan fingerprint density at radius 1 is 1.02 bits per heavy atom. The summed E-state index contributed by atoms with van der Waals surface area (Å²) in [6, 6.07) is 21.9. The number of anilines is 1. The van der Waals surface area contributed by atoms with Crippen molar-refractivity contribution in [3.8, 4) is 0 Å². The lowest BCUT2D eigenvalue weighted by Crippen LogP contribution is -2.43. The number of nitrogens with zero attached hydrogens (tertiary/aromatic N) is 4. The number of thiazole rings is 1. The van der Waals surface area contributed by atoms with Crippen LogP contribution in [0.3, 0.4) is 0 Å². The summed E-state index contributed by atoms with van der Waals surface area (Å²) in [5.41, 5.74) is 2.23. The maximum atomic E-state index is 13.9. The summed E-state index contributed by atoms with van der Waals surface area (Å²) in [7, 11) is -3.74. The SMILES string of the molecule is CCN(Cc1ccccc1)S(=O)(=O)c1ccc(C(=O)N(CCN2CCOCC2)c2nc3c(SC)cccc3s2)cc1. The van der Waals surface area contributed by atoms with Gasteiger partial charge in [0.1, 0.15) is 0 Å². The van der Waals surface area contributed by atoms with E-state index in [1.807, 2.05) is 61.7 Å². The highest BCUT2D eigenvalue weighted by Crippen LogP contribution is 2.34. The first-order valence-electron chi connectivity index (χ1n) is 13.6. The van der Waals surface area contributed by atoms with Gasteiger partial charge in [-0.15, -0.1) is 11.8 Å². The van der Waals surface area contributed by atoms with Gasteiger partial charge in [0.05, 0.1) is 28.3 Å². The van der Waals surface area contributed by atoms with Crippen LogP contribution in [0.25, 0.3) is 10.2 Å². The lowest BCUT2D eigenvalue weighted by Gasteiger charge is -2.29. The van der Waals surface area contributed by atoms with Gasteiger partial charge in [-0.3, -0.25) is 14.6 Å². The van der Waals surface area contributed by atoms with E-state index in [-0.39, 0.29) is 17.3 Å². The molecular weight excluding hydrogens is 577 g/mol. The van der Waals surface area contributed by atoms with E-state index in [4.69, 9.17) is 9.72 Å². The molecule has 1 aromatic heterocycles. The van der Waals surface area contributed by atoms with E-state index in [0.717, 1.165) is 33.8 Å². The molecule has 0 bridgehead atoms. The molecule has 1 aliphatic rings. The van der Waals surface area contributed by atoms with Gasteiger partial charge in [-0.25, -0.2) is 13.4 Å². The third kappa shape index (κ3) is 6.82.